The Balaban J connectivity index is 1.73. The van der Waals surface area contributed by atoms with Gasteiger partial charge in [-0.2, -0.15) is 0 Å². The maximum Gasteiger partial charge on any atom is 0.237 e. The summed E-state index contributed by atoms with van der Waals surface area (Å²) in [6, 6.07) is 10.4. The topological polar surface area (TPSA) is 70.9 Å². The molecule has 2 unspecified atom stereocenters. The van der Waals surface area contributed by atoms with Gasteiger partial charge in [-0.25, -0.2) is 0 Å². The van der Waals surface area contributed by atoms with E-state index in [2.05, 4.69) is 28.5 Å². The minimum Gasteiger partial charge on any atom is -0.368 e. The molecule has 1 amide bonds. The van der Waals surface area contributed by atoms with E-state index >= 15 is 0 Å². The highest BCUT2D eigenvalue weighted by Crippen LogP contribution is 2.40. The highest BCUT2D eigenvalue weighted by atomic mass is 32.2. The molecule has 0 bridgehead atoms. The average molecular weight is 303 g/mol. The van der Waals surface area contributed by atoms with E-state index in [9.17, 15) is 4.79 Å². The van der Waals surface area contributed by atoms with Crippen LogP contribution < -0.4 is 11.1 Å². The normalized spacial score (nSPS) is 25.5. The van der Waals surface area contributed by atoms with Crippen LogP contribution in [0.1, 0.15) is 26.2 Å². The number of H-pyrrole nitrogens is 1. The smallest absolute Gasteiger partial charge is 0.237 e. The number of hydrogen-bond donors (Lipinski definition) is 3. The molecule has 4 N–H and O–H groups in total. The number of aromatic amines is 1. The van der Waals surface area contributed by atoms with Crippen LogP contribution in [0.25, 0.3) is 10.9 Å². The van der Waals surface area contributed by atoms with E-state index in [1.54, 1.807) is 0 Å². The summed E-state index contributed by atoms with van der Waals surface area (Å²) < 4.78 is 0. The molecule has 1 saturated carbocycles. The molecule has 1 aliphatic rings. The Hall–Kier alpha value is -1.46. The maximum atomic E-state index is 11.8. The minimum absolute atomic E-state index is 0.218. The second-order valence-electron chi connectivity index (χ2n) is 5.68. The molecule has 2 aromatic rings. The van der Waals surface area contributed by atoms with Crippen molar-refractivity contribution in [2.75, 3.05) is 6.54 Å². The number of para-hydroxylation sites is 1. The number of benzene rings is 1. The lowest BCUT2D eigenvalue weighted by molar-refractivity contribution is -0.124. The van der Waals surface area contributed by atoms with Gasteiger partial charge in [0.2, 0.25) is 5.91 Å². The van der Waals surface area contributed by atoms with Gasteiger partial charge in [-0.05, 0) is 37.9 Å². The van der Waals surface area contributed by atoms with Crippen molar-refractivity contribution in [3.05, 3.63) is 30.3 Å². The van der Waals surface area contributed by atoms with Crippen LogP contribution in [0.3, 0.4) is 0 Å². The van der Waals surface area contributed by atoms with Crippen molar-refractivity contribution < 1.29 is 4.79 Å². The number of carbonyl (C=O) groups excluding carboxylic acids is 1. The van der Waals surface area contributed by atoms with Gasteiger partial charge in [0.05, 0.1) is 10.6 Å². The Kier molecular flexibility index (Phi) is 3.95. The number of fused-ring (bicyclic) bond motifs is 1. The zero-order chi connectivity index (χ0) is 14.9. The Morgan fingerprint density at radius 2 is 2.33 bits per heavy atom. The number of nitrogens with two attached hydrogens (primary N) is 1. The summed E-state index contributed by atoms with van der Waals surface area (Å²) in [6.45, 7) is 2.79. The summed E-state index contributed by atoms with van der Waals surface area (Å²) in [4.78, 5) is 15.2. The van der Waals surface area contributed by atoms with Gasteiger partial charge < -0.3 is 16.0 Å². The predicted molar refractivity (Wildman–Crippen MR) is 87.4 cm³/mol. The molecule has 1 aromatic heterocycles. The molecule has 21 heavy (non-hydrogen) atoms. The molecule has 3 rings (SSSR count). The molecule has 0 aliphatic heterocycles. The lowest BCUT2D eigenvalue weighted by atomic mass is 9.97. The van der Waals surface area contributed by atoms with Crippen LogP contribution in [-0.4, -0.2) is 28.2 Å². The first-order valence-corrected chi connectivity index (χ1v) is 8.30. The predicted octanol–water partition coefficient (Wildman–Crippen LogP) is 2.65. The van der Waals surface area contributed by atoms with Gasteiger partial charge in [0.1, 0.15) is 0 Å². The summed E-state index contributed by atoms with van der Waals surface area (Å²) in [5.41, 5.74) is 6.26. The Bertz CT molecular complexity index is 621. The first kappa shape index (κ1) is 14.5. The van der Waals surface area contributed by atoms with Crippen molar-refractivity contribution in [1.82, 2.24) is 10.3 Å². The molecule has 0 radical (unpaired) electrons. The Morgan fingerprint density at radius 3 is 3.05 bits per heavy atom. The number of amides is 1. The number of carbonyl (C=O) groups is 1. The van der Waals surface area contributed by atoms with Crippen molar-refractivity contribution in [2.24, 2.45) is 5.73 Å². The lowest BCUT2D eigenvalue weighted by Gasteiger charge is -2.26. The number of nitrogens with one attached hydrogen (secondary N) is 2. The van der Waals surface area contributed by atoms with Crippen LogP contribution in [0.2, 0.25) is 0 Å². The molecule has 112 valence electrons. The average Bonchev–Trinajstić information content (AvgIpc) is 3.04. The fourth-order valence-corrected chi connectivity index (χ4v) is 4.53. The first-order chi connectivity index (χ1) is 10.1. The van der Waals surface area contributed by atoms with Gasteiger partial charge in [-0.1, -0.05) is 25.1 Å². The molecular weight excluding hydrogens is 282 g/mol. The van der Waals surface area contributed by atoms with Crippen molar-refractivity contribution >= 4 is 28.6 Å². The second kappa shape index (κ2) is 5.73. The molecule has 1 aromatic carbocycles. The van der Waals surface area contributed by atoms with E-state index in [0.29, 0.717) is 5.25 Å². The molecule has 0 saturated heterocycles. The third-order valence-corrected chi connectivity index (χ3v) is 5.46. The molecular formula is C16H21N3OS. The Labute approximate surface area is 128 Å². The third-order valence-electron chi connectivity index (χ3n) is 4.25. The van der Waals surface area contributed by atoms with Crippen molar-refractivity contribution in [3.63, 3.8) is 0 Å². The fourth-order valence-electron chi connectivity index (χ4n) is 3.20. The van der Waals surface area contributed by atoms with Gasteiger partial charge in [-0.3, -0.25) is 4.79 Å². The van der Waals surface area contributed by atoms with E-state index in [-0.39, 0.29) is 5.91 Å². The van der Waals surface area contributed by atoms with E-state index in [4.69, 9.17) is 5.73 Å². The van der Waals surface area contributed by atoms with Crippen LogP contribution >= 0.6 is 11.8 Å². The van der Waals surface area contributed by atoms with E-state index in [1.165, 1.54) is 5.39 Å². The van der Waals surface area contributed by atoms with Crippen LogP contribution in [0.5, 0.6) is 0 Å². The molecule has 5 heteroatoms. The first-order valence-electron chi connectivity index (χ1n) is 7.42. The number of aromatic nitrogens is 1. The van der Waals surface area contributed by atoms with E-state index < -0.39 is 5.54 Å². The minimum atomic E-state index is -0.515. The zero-order valence-corrected chi connectivity index (χ0v) is 13.0. The van der Waals surface area contributed by atoms with E-state index in [0.717, 1.165) is 36.3 Å². The molecule has 2 atom stereocenters. The summed E-state index contributed by atoms with van der Waals surface area (Å²) in [7, 11) is 0. The summed E-state index contributed by atoms with van der Waals surface area (Å²) in [6.07, 6.45) is 2.64. The van der Waals surface area contributed by atoms with Crippen LogP contribution in [0.15, 0.2) is 35.4 Å². The standard InChI is InChI=1S/C16H21N3OS/c1-2-18-16(15(17)20)8-7-12(10-16)21-14-9-11-5-3-4-6-13(11)19-14/h3-6,9,12,18-19H,2,7-8,10H2,1H3,(H2,17,20). The zero-order valence-electron chi connectivity index (χ0n) is 12.2. The van der Waals surface area contributed by atoms with Gasteiger partial charge in [0, 0.05) is 16.2 Å². The van der Waals surface area contributed by atoms with Crippen molar-refractivity contribution in [2.45, 2.75) is 42.0 Å². The number of likely N-dealkylation sites (N-methyl/N-ethyl adjacent to an activating group) is 1. The van der Waals surface area contributed by atoms with Gasteiger partial charge in [0.25, 0.3) is 0 Å². The second-order valence-corrected chi connectivity index (χ2v) is 7.02. The Morgan fingerprint density at radius 1 is 1.52 bits per heavy atom. The fraction of sp³-hybridized carbons (Fsp3) is 0.438. The van der Waals surface area contributed by atoms with Crippen LogP contribution in [0, 0.1) is 0 Å². The molecule has 0 spiro atoms. The highest BCUT2D eigenvalue weighted by Gasteiger charge is 2.43. The van der Waals surface area contributed by atoms with Gasteiger partial charge >= 0.3 is 0 Å². The molecule has 1 aliphatic carbocycles. The van der Waals surface area contributed by atoms with Gasteiger partial charge in [-0.15, -0.1) is 11.8 Å². The summed E-state index contributed by atoms with van der Waals surface area (Å²) >= 11 is 1.82. The monoisotopic (exact) mass is 303 g/mol. The number of rotatable bonds is 5. The number of primary amides is 1. The van der Waals surface area contributed by atoms with Crippen molar-refractivity contribution in [1.29, 1.82) is 0 Å². The maximum absolute atomic E-state index is 11.8. The number of hydrogen-bond acceptors (Lipinski definition) is 3. The largest absolute Gasteiger partial charge is 0.368 e. The quantitative estimate of drug-likeness (QED) is 0.795. The van der Waals surface area contributed by atoms with Crippen LogP contribution in [0.4, 0.5) is 0 Å². The highest BCUT2D eigenvalue weighted by molar-refractivity contribution is 7.99. The molecule has 1 heterocycles. The molecule has 1 fully saturated rings. The summed E-state index contributed by atoms with van der Waals surface area (Å²) in [5, 5.41) is 6.12. The van der Waals surface area contributed by atoms with Gasteiger partial charge in [0.15, 0.2) is 0 Å². The lowest BCUT2D eigenvalue weighted by Crippen LogP contribution is -2.53. The SMILES string of the molecule is CCNC1(C(N)=O)CCC(Sc2cc3ccccc3[nH]2)C1. The van der Waals surface area contributed by atoms with Crippen molar-refractivity contribution in [3.8, 4) is 0 Å². The molecule has 4 nitrogen and oxygen atoms in total. The van der Waals surface area contributed by atoms with E-state index in [1.807, 2.05) is 30.8 Å². The van der Waals surface area contributed by atoms with Crippen LogP contribution in [-0.2, 0) is 4.79 Å². The number of thioether (sulfide) groups is 1. The third kappa shape index (κ3) is 2.80. The summed E-state index contributed by atoms with van der Waals surface area (Å²) in [5.74, 6) is -0.218.